The molecule has 1 saturated heterocycles. The van der Waals surface area contributed by atoms with Crippen LogP contribution in [-0.2, 0) is 9.59 Å². The van der Waals surface area contributed by atoms with Gasteiger partial charge < -0.3 is 10.6 Å². The molecule has 2 atom stereocenters. The molecule has 0 spiro atoms. The van der Waals surface area contributed by atoms with Gasteiger partial charge in [0.05, 0.1) is 0 Å². The third kappa shape index (κ3) is 2.80. The Balaban J connectivity index is 1.31. The van der Waals surface area contributed by atoms with E-state index in [9.17, 15) is 14.4 Å². The molecule has 4 bridgehead atoms. The number of nitrogens with one attached hydrogen (secondary N) is 3. The van der Waals surface area contributed by atoms with Gasteiger partial charge in [-0.25, -0.2) is 4.79 Å². The largest absolute Gasteiger partial charge is 0.353 e. The highest BCUT2D eigenvalue weighted by Crippen LogP contribution is 2.61. The minimum Gasteiger partial charge on any atom is -0.353 e. The predicted molar refractivity (Wildman–Crippen MR) is 87.9 cm³/mol. The molecule has 6 nitrogen and oxygen atoms in total. The molecule has 1 heterocycles. The Morgan fingerprint density at radius 1 is 1.17 bits per heavy atom. The van der Waals surface area contributed by atoms with E-state index < -0.39 is 12.1 Å². The minimum absolute atomic E-state index is 0.00723. The van der Waals surface area contributed by atoms with E-state index in [1.165, 1.54) is 38.5 Å². The van der Waals surface area contributed by atoms with E-state index in [0.29, 0.717) is 11.8 Å². The zero-order valence-electron chi connectivity index (χ0n) is 14.3. The second kappa shape index (κ2) is 5.74. The van der Waals surface area contributed by atoms with Crippen molar-refractivity contribution >= 4 is 17.8 Å². The van der Waals surface area contributed by atoms with Crippen LogP contribution in [0.2, 0.25) is 0 Å². The lowest BCUT2D eigenvalue weighted by atomic mass is 9.48. The molecule has 2 unspecified atom stereocenters. The van der Waals surface area contributed by atoms with Crippen molar-refractivity contribution in [3.63, 3.8) is 0 Å². The summed E-state index contributed by atoms with van der Waals surface area (Å²) in [5.74, 6) is 2.27. The van der Waals surface area contributed by atoms with Gasteiger partial charge in [-0.15, -0.1) is 0 Å². The monoisotopic (exact) mass is 333 g/mol. The van der Waals surface area contributed by atoms with Gasteiger partial charge in [-0.05, 0) is 75.0 Å². The maximum Gasteiger partial charge on any atom is 0.322 e. The van der Waals surface area contributed by atoms with E-state index in [1.54, 1.807) is 0 Å². The summed E-state index contributed by atoms with van der Waals surface area (Å²) in [6.07, 6.45) is 8.62. The van der Waals surface area contributed by atoms with E-state index in [2.05, 4.69) is 22.9 Å². The van der Waals surface area contributed by atoms with Crippen molar-refractivity contribution in [3.05, 3.63) is 0 Å². The van der Waals surface area contributed by atoms with Gasteiger partial charge in [0.1, 0.15) is 6.04 Å². The lowest BCUT2D eigenvalue weighted by molar-refractivity contribution is -0.126. The average Bonchev–Trinajstić information content (AvgIpc) is 2.81. The summed E-state index contributed by atoms with van der Waals surface area (Å²) >= 11 is 0. The van der Waals surface area contributed by atoms with Crippen molar-refractivity contribution in [3.8, 4) is 0 Å². The number of hydrogen-bond acceptors (Lipinski definition) is 3. The summed E-state index contributed by atoms with van der Waals surface area (Å²) in [6, 6.07) is -0.837. The van der Waals surface area contributed by atoms with Gasteiger partial charge in [0.2, 0.25) is 5.91 Å². The van der Waals surface area contributed by atoms with E-state index in [0.717, 1.165) is 17.8 Å². The predicted octanol–water partition coefficient (Wildman–Crippen LogP) is 1.70. The van der Waals surface area contributed by atoms with Crippen LogP contribution in [0.15, 0.2) is 0 Å². The summed E-state index contributed by atoms with van der Waals surface area (Å²) in [5, 5.41) is 7.94. The Bertz CT molecular complexity index is 539. The van der Waals surface area contributed by atoms with Crippen molar-refractivity contribution in [1.29, 1.82) is 0 Å². The second-order valence-corrected chi connectivity index (χ2v) is 8.62. The summed E-state index contributed by atoms with van der Waals surface area (Å²) in [7, 11) is 0. The Labute approximate surface area is 142 Å². The molecular formula is C18H27N3O3. The number of rotatable bonds is 5. The van der Waals surface area contributed by atoms with Gasteiger partial charge in [-0.3, -0.25) is 14.9 Å². The van der Waals surface area contributed by atoms with E-state index in [4.69, 9.17) is 0 Å². The Morgan fingerprint density at radius 3 is 2.25 bits per heavy atom. The zero-order chi connectivity index (χ0) is 16.9. The molecule has 4 saturated carbocycles. The number of imide groups is 1. The molecule has 4 aliphatic carbocycles. The molecular weight excluding hydrogens is 306 g/mol. The van der Waals surface area contributed by atoms with E-state index in [-0.39, 0.29) is 24.3 Å². The molecule has 5 aliphatic rings. The molecule has 132 valence electrons. The lowest BCUT2D eigenvalue weighted by Crippen LogP contribution is -2.55. The standard InChI is InChI=1S/C18H27N3O3/c1-10(18-7-11-4-12(8-18)6-13(5-11)9-18)19-15(22)3-2-14-16(23)21-17(24)20-14/h10-14H,2-9H2,1H3,(H,19,22)(H2,20,21,23,24). The van der Waals surface area contributed by atoms with Crippen LogP contribution in [0.5, 0.6) is 0 Å². The average molecular weight is 333 g/mol. The van der Waals surface area contributed by atoms with Gasteiger partial charge in [0.15, 0.2) is 0 Å². The van der Waals surface area contributed by atoms with Crippen molar-refractivity contribution < 1.29 is 14.4 Å². The highest BCUT2D eigenvalue weighted by Gasteiger charge is 2.53. The molecule has 0 aromatic heterocycles. The number of carbonyl (C=O) groups is 3. The van der Waals surface area contributed by atoms with Crippen LogP contribution in [-0.4, -0.2) is 29.9 Å². The van der Waals surface area contributed by atoms with Crippen LogP contribution >= 0.6 is 0 Å². The summed E-state index contributed by atoms with van der Waals surface area (Å²) in [5.41, 5.74) is 0.295. The van der Waals surface area contributed by atoms with Gasteiger partial charge in [0, 0.05) is 12.5 Å². The Morgan fingerprint density at radius 2 is 1.75 bits per heavy atom. The topological polar surface area (TPSA) is 87.3 Å². The number of amides is 4. The number of carbonyl (C=O) groups excluding carboxylic acids is 3. The van der Waals surface area contributed by atoms with Crippen LogP contribution in [0.1, 0.15) is 58.3 Å². The summed E-state index contributed by atoms with van der Waals surface area (Å²) < 4.78 is 0. The molecule has 1 aliphatic heterocycles. The van der Waals surface area contributed by atoms with Gasteiger partial charge in [-0.1, -0.05) is 0 Å². The van der Waals surface area contributed by atoms with Gasteiger partial charge in [0.25, 0.3) is 5.91 Å². The Hall–Kier alpha value is -1.59. The first-order valence-corrected chi connectivity index (χ1v) is 9.34. The quantitative estimate of drug-likeness (QED) is 0.669. The first-order valence-electron chi connectivity index (χ1n) is 9.34. The minimum atomic E-state index is -0.571. The normalized spacial score (nSPS) is 41.0. The molecule has 0 aromatic rings. The maximum absolute atomic E-state index is 12.3. The highest BCUT2D eigenvalue weighted by molar-refractivity contribution is 6.04. The van der Waals surface area contributed by atoms with Crippen LogP contribution in [0.4, 0.5) is 4.79 Å². The van der Waals surface area contributed by atoms with Crippen LogP contribution < -0.4 is 16.0 Å². The summed E-state index contributed by atoms with van der Waals surface area (Å²) in [4.78, 5) is 35.0. The van der Waals surface area contributed by atoms with Crippen molar-refractivity contribution in [2.75, 3.05) is 0 Å². The zero-order valence-corrected chi connectivity index (χ0v) is 14.3. The van der Waals surface area contributed by atoms with Crippen molar-refractivity contribution in [1.82, 2.24) is 16.0 Å². The van der Waals surface area contributed by atoms with Crippen LogP contribution in [0.3, 0.4) is 0 Å². The lowest BCUT2D eigenvalue weighted by Gasteiger charge is -2.59. The third-order valence-corrected chi connectivity index (χ3v) is 6.90. The first kappa shape index (κ1) is 15.9. The fourth-order valence-corrected chi connectivity index (χ4v) is 6.11. The maximum atomic E-state index is 12.3. The number of hydrogen-bond donors (Lipinski definition) is 3. The van der Waals surface area contributed by atoms with Crippen LogP contribution in [0, 0.1) is 23.2 Å². The molecule has 5 fully saturated rings. The number of urea groups is 1. The molecule has 0 aromatic carbocycles. The van der Waals surface area contributed by atoms with E-state index >= 15 is 0 Å². The molecule has 6 heteroatoms. The molecule has 5 rings (SSSR count). The van der Waals surface area contributed by atoms with E-state index in [1.807, 2.05) is 0 Å². The molecule has 4 amide bonds. The second-order valence-electron chi connectivity index (χ2n) is 8.62. The van der Waals surface area contributed by atoms with Crippen molar-refractivity contribution in [2.45, 2.75) is 70.4 Å². The smallest absolute Gasteiger partial charge is 0.322 e. The first-order chi connectivity index (χ1) is 11.4. The molecule has 24 heavy (non-hydrogen) atoms. The third-order valence-electron chi connectivity index (χ3n) is 6.90. The molecule has 3 N–H and O–H groups in total. The van der Waals surface area contributed by atoms with Gasteiger partial charge in [-0.2, -0.15) is 0 Å². The van der Waals surface area contributed by atoms with Crippen LogP contribution in [0.25, 0.3) is 0 Å². The van der Waals surface area contributed by atoms with Gasteiger partial charge >= 0.3 is 6.03 Å². The fourth-order valence-electron chi connectivity index (χ4n) is 6.11. The fraction of sp³-hybridized carbons (Fsp3) is 0.833. The Kier molecular flexibility index (Phi) is 3.81. The van der Waals surface area contributed by atoms with Crippen molar-refractivity contribution in [2.24, 2.45) is 23.2 Å². The summed E-state index contributed by atoms with van der Waals surface area (Å²) in [6.45, 7) is 2.16. The highest BCUT2D eigenvalue weighted by atomic mass is 16.2. The molecule has 0 radical (unpaired) electrons. The SMILES string of the molecule is CC(NC(=O)CCC1NC(=O)NC1=O)C12CC3CC(CC(C3)C1)C2.